The number of benzene rings is 2. The lowest BCUT2D eigenvalue weighted by atomic mass is 9.91. The summed E-state index contributed by atoms with van der Waals surface area (Å²) < 4.78 is 5.81. The first-order chi connectivity index (χ1) is 16.2. The Kier molecular flexibility index (Phi) is 6.72. The number of hydrogen-bond acceptors (Lipinski definition) is 5. The summed E-state index contributed by atoms with van der Waals surface area (Å²) in [4.78, 5) is 41.9. The molecule has 2 aliphatic heterocycles. The van der Waals surface area contributed by atoms with Crippen molar-refractivity contribution < 1.29 is 19.1 Å². The van der Waals surface area contributed by atoms with Crippen LogP contribution in [-0.4, -0.2) is 59.5 Å². The molecule has 180 valence electrons. The van der Waals surface area contributed by atoms with Crippen LogP contribution < -0.4 is 10.6 Å². The van der Waals surface area contributed by atoms with Crippen LogP contribution in [0.3, 0.4) is 0 Å². The van der Waals surface area contributed by atoms with Crippen molar-refractivity contribution in [3.8, 4) is 0 Å². The zero-order valence-corrected chi connectivity index (χ0v) is 20.1. The lowest BCUT2D eigenvalue weighted by Crippen LogP contribution is -2.45. The molecule has 0 spiro atoms. The van der Waals surface area contributed by atoms with Gasteiger partial charge in [0.15, 0.2) is 0 Å². The molecule has 2 aliphatic rings. The van der Waals surface area contributed by atoms with Crippen LogP contribution in [0.5, 0.6) is 0 Å². The maximum absolute atomic E-state index is 13.1. The van der Waals surface area contributed by atoms with Crippen molar-refractivity contribution in [1.82, 2.24) is 15.1 Å². The highest BCUT2D eigenvalue weighted by Crippen LogP contribution is 2.29. The molecule has 0 aliphatic carbocycles. The van der Waals surface area contributed by atoms with Gasteiger partial charge in [-0.1, -0.05) is 48.0 Å². The van der Waals surface area contributed by atoms with Crippen molar-refractivity contribution in [3.63, 3.8) is 0 Å². The summed E-state index contributed by atoms with van der Waals surface area (Å²) in [5.74, 6) is -0.867. The van der Waals surface area contributed by atoms with Gasteiger partial charge in [-0.15, -0.1) is 0 Å². The van der Waals surface area contributed by atoms with E-state index < -0.39 is 23.4 Å². The van der Waals surface area contributed by atoms with Crippen molar-refractivity contribution in [2.24, 2.45) is 0 Å². The van der Waals surface area contributed by atoms with Crippen molar-refractivity contribution in [2.45, 2.75) is 52.0 Å². The predicted molar refractivity (Wildman–Crippen MR) is 129 cm³/mol. The van der Waals surface area contributed by atoms with E-state index >= 15 is 0 Å². The molecule has 0 aromatic heterocycles. The summed E-state index contributed by atoms with van der Waals surface area (Å²) in [7, 11) is 0. The lowest BCUT2D eigenvalue weighted by Gasteiger charge is -2.35. The number of ether oxygens (including phenoxy) is 1. The molecule has 2 aromatic rings. The van der Waals surface area contributed by atoms with Crippen LogP contribution in [0.15, 0.2) is 48.5 Å². The number of anilines is 1. The van der Waals surface area contributed by atoms with Crippen LogP contribution >= 0.6 is 0 Å². The Labute approximate surface area is 200 Å². The Morgan fingerprint density at radius 1 is 1.09 bits per heavy atom. The fourth-order valence-electron chi connectivity index (χ4n) is 4.69. The van der Waals surface area contributed by atoms with E-state index in [4.69, 9.17) is 4.74 Å². The highest BCUT2D eigenvalue weighted by atomic mass is 16.5. The van der Waals surface area contributed by atoms with Gasteiger partial charge in [0.25, 0.3) is 5.91 Å². The SMILES string of the molecule is Cc1ccc(C2(C)NC(=O)N(CC(=O)Nc3ccccc3CN3CC(C)OC(C)C3)C2=O)cc1. The first kappa shape index (κ1) is 23.9. The van der Waals surface area contributed by atoms with E-state index in [-0.39, 0.29) is 18.8 Å². The second-order valence-corrected chi connectivity index (χ2v) is 9.47. The number of nitrogens with zero attached hydrogens (tertiary/aromatic N) is 2. The molecule has 0 bridgehead atoms. The third kappa shape index (κ3) is 4.98. The van der Waals surface area contributed by atoms with Gasteiger partial charge >= 0.3 is 6.03 Å². The standard InChI is InChI=1S/C26H32N4O4/c1-17-9-11-21(12-10-17)26(4)24(32)30(25(33)28-26)16-23(31)27-22-8-6-5-7-20(22)15-29-13-18(2)34-19(3)14-29/h5-12,18-19H,13-16H2,1-4H3,(H,27,31)(H,28,33). The molecule has 4 amide bonds. The number of urea groups is 1. The summed E-state index contributed by atoms with van der Waals surface area (Å²) >= 11 is 0. The van der Waals surface area contributed by atoms with Gasteiger partial charge in [-0.3, -0.25) is 19.4 Å². The Morgan fingerprint density at radius 3 is 2.41 bits per heavy atom. The van der Waals surface area contributed by atoms with E-state index in [0.717, 1.165) is 29.1 Å². The normalized spacial score (nSPS) is 25.4. The molecule has 34 heavy (non-hydrogen) atoms. The quantitative estimate of drug-likeness (QED) is 0.642. The molecule has 2 heterocycles. The summed E-state index contributed by atoms with van der Waals surface area (Å²) in [6.07, 6.45) is 0.293. The average molecular weight is 465 g/mol. The number of hydrogen-bond donors (Lipinski definition) is 2. The Hall–Kier alpha value is -3.23. The van der Waals surface area contributed by atoms with E-state index in [9.17, 15) is 14.4 Å². The van der Waals surface area contributed by atoms with Crippen molar-refractivity contribution >= 4 is 23.5 Å². The van der Waals surface area contributed by atoms with Gasteiger partial charge in [-0.2, -0.15) is 0 Å². The van der Waals surface area contributed by atoms with Gasteiger partial charge in [0.1, 0.15) is 12.1 Å². The van der Waals surface area contributed by atoms with E-state index in [1.54, 1.807) is 6.92 Å². The minimum absolute atomic E-state index is 0.146. The molecule has 3 unspecified atom stereocenters. The number of rotatable bonds is 6. The molecule has 8 nitrogen and oxygen atoms in total. The van der Waals surface area contributed by atoms with Gasteiger partial charge in [0, 0.05) is 25.3 Å². The third-order valence-corrected chi connectivity index (χ3v) is 6.39. The number of aryl methyl sites for hydroxylation is 1. The smallest absolute Gasteiger partial charge is 0.325 e. The molecule has 0 saturated carbocycles. The van der Waals surface area contributed by atoms with Crippen LogP contribution in [0, 0.1) is 6.92 Å². The fraction of sp³-hybridized carbons (Fsp3) is 0.423. The second-order valence-electron chi connectivity index (χ2n) is 9.47. The van der Waals surface area contributed by atoms with Crippen LogP contribution in [0.25, 0.3) is 0 Å². The zero-order valence-electron chi connectivity index (χ0n) is 20.1. The monoisotopic (exact) mass is 464 g/mol. The number of morpholine rings is 1. The van der Waals surface area contributed by atoms with E-state index in [1.165, 1.54) is 0 Å². The van der Waals surface area contributed by atoms with Gasteiger partial charge in [0.2, 0.25) is 5.91 Å². The molecular weight excluding hydrogens is 432 g/mol. The van der Waals surface area contributed by atoms with Gasteiger partial charge in [-0.05, 0) is 44.9 Å². The van der Waals surface area contributed by atoms with Gasteiger partial charge in [0.05, 0.1) is 12.2 Å². The van der Waals surface area contributed by atoms with Gasteiger partial charge in [-0.25, -0.2) is 4.79 Å². The Morgan fingerprint density at radius 2 is 1.74 bits per heavy atom. The number of carbonyl (C=O) groups is 3. The number of imide groups is 1. The molecule has 2 fully saturated rings. The fourth-order valence-corrected chi connectivity index (χ4v) is 4.69. The molecule has 0 radical (unpaired) electrons. The minimum atomic E-state index is -1.20. The van der Waals surface area contributed by atoms with Crippen molar-refractivity contribution in [1.29, 1.82) is 0 Å². The first-order valence-electron chi connectivity index (χ1n) is 11.6. The summed E-state index contributed by atoms with van der Waals surface area (Å²) in [6.45, 7) is 9.66. The van der Waals surface area contributed by atoms with E-state index in [2.05, 4.69) is 29.4 Å². The van der Waals surface area contributed by atoms with Crippen LogP contribution in [0.2, 0.25) is 0 Å². The third-order valence-electron chi connectivity index (χ3n) is 6.39. The average Bonchev–Trinajstić information content (AvgIpc) is 2.98. The highest BCUT2D eigenvalue weighted by molar-refractivity contribution is 6.10. The minimum Gasteiger partial charge on any atom is -0.373 e. The molecule has 2 saturated heterocycles. The largest absolute Gasteiger partial charge is 0.373 e. The van der Waals surface area contributed by atoms with Crippen LogP contribution in [0.4, 0.5) is 10.5 Å². The maximum atomic E-state index is 13.1. The van der Waals surface area contributed by atoms with Crippen LogP contribution in [-0.2, 0) is 26.4 Å². The number of amides is 4. The van der Waals surface area contributed by atoms with Gasteiger partial charge < -0.3 is 15.4 Å². The topological polar surface area (TPSA) is 91.0 Å². The zero-order chi connectivity index (χ0) is 24.5. The maximum Gasteiger partial charge on any atom is 0.325 e. The number of para-hydroxylation sites is 1. The summed E-state index contributed by atoms with van der Waals surface area (Å²) in [5, 5.41) is 5.64. The Bertz CT molecular complexity index is 1080. The van der Waals surface area contributed by atoms with E-state index in [0.29, 0.717) is 17.8 Å². The van der Waals surface area contributed by atoms with Crippen molar-refractivity contribution in [2.75, 3.05) is 25.0 Å². The van der Waals surface area contributed by atoms with E-state index in [1.807, 2.05) is 55.5 Å². The molecule has 8 heteroatoms. The molecule has 2 N–H and O–H groups in total. The Balaban J connectivity index is 1.43. The van der Waals surface area contributed by atoms with Crippen molar-refractivity contribution in [3.05, 3.63) is 65.2 Å². The predicted octanol–water partition coefficient (Wildman–Crippen LogP) is 3.01. The first-order valence-corrected chi connectivity index (χ1v) is 11.6. The highest BCUT2D eigenvalue weighted by Gasteiger charge is 2.49. The van der Waals surface area contributed by atoms with Crippen LogP contribution in [0.1, 0.15) is 37.5 Å². The number of carbonyl (C=O) groups excluding carboxylic acids is 3. The molecule has 4 rings (SSSR count). The molecule has 3 atom stereocenters. The summed E-state index contributed by atoms with van der Waals surface area (Å²) in [5.41, 5.74) is 2.18. The molecule has 2 aromatic carbocycles. The number of nitrogens with one attached hydrogen (secondary N) is 2. The summed E-state index contributed by atoms with van der Waals surface area (Å²) in [6, 6.07) is 14.4. The molecular formula is C26H32N4O4. The lowest BCUT2D eigenvalue weighted by molar-refractivity contribution is -0.133. The second kappa shape index (κ2) is 9.56.